The summed E-state index contributed by atoms with van der Waals surface area (Å²) in [6.45, 7) is 2.10. The molecule has 0 aliphatic rings. The fourth-order valence-corrected chi connectivity index (χ4v) is 2.02. The van der Waals surface area contributed by atoms with Crippen LogP contribution in [-0.2, 0) is 6.42 Å². The fraction of sp³-hybridized carbons (Fsp3) is 0.167. The molecule has 0 unspecified atom stereocenters. The number of carbonyl (C=O) groups is 1. The van der Waals surface area contributed by atoms with Crippen LogP contribution in [0.25, 0.3) is 11.3 Å². The van der Waals surface area contributed by atoms with E-state index < -0.39 is 5.97 Å². The summed E-state index contributed by atoms with van der Waals surface area (Å²) < 4.78 is 4.12. The van der Waals surface area contributed by atoms with Gasteiger partial charge in [-0.2, -0.15) is 4.37 Å². The van der Waals surface area contributed by atoms with Crippen LogP contribution in [-0.4, -0.2) is 15.4 Å². The molecule has 16 heavy (non-hydrogen) atoms. The van der Waals surface area contributed by atoms with E-state index in [0.29, 0.717) is 0 Å². The number of hydrogen-bond acceptors (Lipinski definition) is 3. The van der Waals surface area contributed by atoms with Gasteiger partial charge in [-0.1, -0.05) is 31.2 Å². The van der Waals surface area contributed by atoms with E-state index in [4.69, 9.17) is 5.11 Å². The normalized spacial score (nSPS) is 10.3. The van der Waals surface area contributed by atoms with Crippen molar-refractivity contribution in [2.24, 2.45) is 0 Å². The Hall–Kier alpha value is -1.68. The van der Waals surface area contributed by atoms with Crippen LogP contribution >= 0.6 is 11.5 Å². The molecule has 0 aliphatic heterocycles. The van der Waals surface area contributed by atoms with Gasteiger partial charge in [-0.05, 0) is 29.6 Å². The van der Waals surface area contributed by atoms with Gasteiger partial charge in [0, 0.05) is 5.56 Å². The van der Waals surface area contributed by atoms with Gasteiger partial charge in [-0.3, -0.25) is 0 Å². The Balaban J connectivity index is 2.31. The molecule has 0 amide bonds. The number of aromatic carboxylic acids is 1. The van der Waals surface area contributed by atoms with Crippen molar-refractivity contribution in [3.63, 3.8) is 0 Å². The number of hydrogen-bond donors (Lipinski definition) is 1. The lowest BCUT2D eigenvalue weighted by molar-refractivity contribution is 0.0702. The molecular weight excluding hydrogens is 222 g/mol. The molecule has 2 aromatic rings. The zero-order chi connectivity index (χ0) is 11.5. The van der Waals surface area contributed by atoms with Gasteiger partial charge >= 0.3 is 5.97 Å². The second kappa shape index (κ2) is 4.45. The van der Waals surface area contributed by atoms with Gasteiger partial charge in [0.2, 0.25) is 0 Å². The highest BCUT2D eigenvalue weighted by Gasteiger charge is 2.09. The molecule has 1 aromatic heterocycles. The van der Waals surface area contributed by atoms with Crippen molar-refractivity contribution < 1.29 is 9.90 Å². The van der Waals surface area contributed by atoms with Crippen molar-refractivity contribution in [2.75, 3.05) is 0 Å². The predicted molar refractivity (Wildman–Crippen MR) is 63.9 cm³/mol. The maximum atomic E-state index is 10.7. The summed E-state index contributed by atoms with van der Waals surface area (Å²) in [7, 11) is 0. The SMILES string of the molecule is CCc1ccc(-c2cc(C(=O)O)sn2)cc1. The third-order valence-electron chi connectivity index (χ3n) is 2.38. The summed E-state index contributed by atoms with van der Waals surface area (Å²) in [4.78, 5) is 11.0. The highest BCUT2D eigenvalue weighted by atomic mass is 32.1. The first-order chi connectivity index (χ1) is 7.70. The molecule has 2 rings (SSSR count). The van der Waals surface area contributed by atoms with Crippen molar-refractivity contribution in [2.45, 2.75) is 13.3 Å². The van der Waals surface area contributed by atoms with E-state index in [1.807, 2.05) is 24.3 Å². The zero-order valence-electron chi connectivity index (χ0n) is 8.80. The lowest BCUT2D eigenvalue weighted by atomic mass is 10.1. The average molecular weight is 233 g/mol. The van der Waals surface area contributed by atoms with Gasteiger partial charge in [0.15, 0.2) is 0 Å². The molecule has 0 fully saturated rings. The molecular formula is C12H11NO2S. The van der Waals surface area contributed by atoms with E-state index in [1.165, 1.54) is 5.56 Å². The molecule has 1 N–H and O–H groups in total. The zero-order valence-corrected chi connectivity index (χ0v) is 9.62. The molecule has 3 nitrogen and oxygen atoms in total. The minimum absolute atomic E-state index is 0.273. The number of benzene rings is 1. The van der Waals surface area contributed by atoms with Crippen LogP contribution < -0.4 is 0 Å². The molecule has 0 saturated carbocycles. The molecule has 4 heteroatoms. The Morgan fingerprint density at radius 2 is 2.06 bits per heavy atom. The Kier molecular flexibility index (Phi) is 3.01. The van der Waals surface area contributed by atoms with Crippen LogP contribution in [0.3, 0.4) is 0 Å². The highest BCUT2D eigenvalue weighted by molar-refractivity contribution is 7.08. The molecule has 0 radical (unpaired) electrons. The molecule has 0 bridgehead atoms. The van der Waals surface area contributed by atoms with Gasteiger partial charge in [-0.25, -0.2) is 4.79 Å². The molecule has 1 heterocycles. The van der Waals surface area contributed by atoms with Crippen molar-refractivity contribution in [3.05, 3.63) is 40.8 Å². The summed E-state index contributed by atoms with van der Waals surface area (Å²) in [6.07, 6.45) is 0.998. The van der Waals surface area contributed by atoms with Crippen LogP contribution in [0.1, 0.15) is 22.2 Å². The lowest BCUT2D eigenvalue weighted by Gasteiger charge is -1.98. The second-order valence-corrected chi connectivity index (χ2v) is 4.24. The second-order valence-electron chi connectivity index (χ2n) is 3.43. The maximum Gasteiger partial charge on any atom is 0.347 e. The molecule has 1 aromatic carbocycles. The smallest absolute Gasteiger partial charge is 0.347 e. The standard InChI is InChI=1S/C12H11NO2S/c1-2-8-3-5-9(6-4-8)10-7-11(12(14)15)16-13-10/h3-7H,2H2,1H3,(H,14,15). The van der Waals surface area contributed by atoms with Crippen LogP contribution in [0, 0.1) is 0 Å². The summed E-state index contributed by atoms with van der Waals surface area (Å²) >= 11 is 1.01. The van der Waals surface area contributed by atoms with E-state index >= 15 is 0 Å². The monoisotopic (exact) mass is 233 g/mol. The van der Waals surface area contributed by atoms with Crippen molar-refractivity contribution in [1.29, 1.82) is 0 Å². The minimum atomic E-state index is -0.922. The van der Waals surface area contributed by atoms with Gasteiger partial charge in [-0.15, -0.1) is 0 Å². The van der Waals surface area contributed by atoms with Crippen molar-refractivity contribution >= 4 is 17.5 Å². The Labute approximate surface area is 97.5 Å². The summed E-state index contributed by atoms with van der Waals surface area (Å²) in [5.74, 6) is -0.922. The van der Waals surface area contributed by atoms with E-state index in [-0.39, 0.29) is 4.88 Å². The van der Waals surface area contributed by atoms with Crippen LogP contribution in [0.2, 0.25) is 0 Å². The first-order valence-electron chi connectivity index (χ1n) is 5.00. The first-order valence-corrected chi connectivity index (χ1v) is 5.77. The number of aromatic nitrogens is 1. The first kappa shape index (κ1) is 10.8. The van der Waals surface area contributed by atoms with E-state index in [1.54, 1.807) is 6.07 Å². The number of nitrogens with zero attached hydrogens (tertiary/aromatic N) is 1. The van der Waals surface area contributed by atoms with E-state index in [9.17, 15) is 4.79 Å². The topological polar surface area (TPSA) is 50.2 Å². The molecule has 0 saturated heterocycles. The third-order valence-corrected chi connectivity index (χ3v) is 3.16. The van der Waals surface area contributed by atoms with E-state index in [0.717, 1.165) is 29.2 Å². The number of aryl methyl sites for hydroxylation is 1. The van der Waals surface area contributed by atoms with Crippen LogP contribution in [0.5, 0.6) is 0 Å². The Bertz CT molecular complexity index is 502. The van der Waals surface area contributed by atoms with Gasteiger partial charge < -0.3 is 5.11 Å². The summed E-state index contributed by atoms with van der Waals surface area (Å²) in [5, 5.41) is 8.80. The number of carboxylic acid groups (broad SMARTS) is 1. The Morgan fingerprint density at radius 3 is 2.56 bits per heavy atom. The highest BCUT2D eigenvalue weighted by Crippen LogP contribution is 2.22. The Morgan fingerprint density at radius 1 is 1.38 bits per heavy atom. The van der Waals surface area contributed by atoms with Crippen LogP contribution in [0.15, 0.2) is 30.3 Å². The average Bonchev–Trinajstić information content (AvgIpc) is 2.78. The van der Waals surface area contributed by atoms with Crippen molar-refractivity contribution in [1.82, 2.24) is 4.37 Å². The van der Waals surface area contributed by atoms with Gasteiger partial charge in [0.05, 0.1) is 5.69 Å². The molecule has 0 spiro atoms. The molecule has 0 aliphatic carbocycles. The fourth-order valence-electron chi connectivity index (χ4n) is 1.42. The van der Waals surface area contributed by atoms with Crippen molar-refractivity contribution in [3.8, 4) is 11.3 Å². The number of rotatable bonds is 3. The molecule has 0 atom stereocenters. The van der Waals surface area contributed by atoms with Gasteiger partial charge in [0.1, 0.15) is 4.88 Å². The molecule has 82 valence electrons. The van der Waals surface area contributed by atoms with Crippen LogP contribution in [0.4, 0.5) is 0 Å². The minimum Gasteiger partial charge on any atom is -0.477 e. The summed E-state index contributed by atoms with van der Waals surface area (Å²) in [6, 6.07) is 9.62. The third kappa shape index (κ3) is 2.12. The number of carboxylic acids is 1. The maximum absolute atomic E-state index is 10.7. The largest absolute Gasteiger partial charge is 0.477 e. The predicted octanol–water partition coefficient (Wildman–Crippen LogP) is 3.07. The summed E-state index contributed by atoms with van der Waals surface area (Å²) in [5.41, 5.74) is 2.95. The van der Waals surface area contributed by atoms with E-state index in [2.05, 4.69) is 11.3 Å². The lowest BCUT2D eigenvalue weighted by Crippen LogP contribution is -1.90. The quantitative estimate of drug-likeness (QED) is 0.886. The van der Waals surface area contributed by atoms with Gasteiger partial charge in [0.25, 0.3) is 0 Å².